The maximum absolute atomic E-state index is 6.08. The Balaban J connectivity index is 0.00000385. The molecule has 2 heterocycles. The number of rotatable bonds is 9. The van der Waals surface area contributed by atoms with Gasteiger partial charge in [0.05, 0.1) is 32.5 Å². The monoisotopic (exact) mass is 571 g/mol. The maximum Gasteiger partial charge on any atom is 0.213 e. The van der Waals surface area contributed by atoms with Crippen LogP contribution in [0.2, 0.25) is 0 Å². The number of aliphatic imine (C=N–C) groups is 1. The zero-order valence-electron chi connectivity index (χ0n) is 20.2. The van der Waals surface area contributed by atoms with E-state index in [1.807, 2.05) is 25.1 Å². The van der Waals surface area contributed by atoms with Gasteiger partial charge >= 0.3 is 0 Å². The molecule has 1 fully saturated rings. The predicted molar refractivity (Wildman–Crippen MR) is 141 cm³/mol. The first kappa shape index (κ1) is 27.4. The second kappa shape index (κ2) is 13.8. The molecule has 184 valence electrons. The van der Waals surface area contributed by atoms with Crippen molar-refractivity contribution in [3.05, 3.63) is 47.7 Å². The number of hydrogen-bond acceptors (Lipinski definition) is 6. The average Bonchev–Trinajstić information content (AvgIpc) is 3.27. The molecule has 0 unspecified atom stereocenters. The van der Waals surface area contributed by atoms with Crippen molar-refractivity contribution >= 4 is 29.9 Å². The summed E-state index contributed by atoms with van der Waals surface area (Å²) in [5, 5.41) is 6.58. The molecule has 8 nitrogen and oxygen atoms in total. The van der Waals surface area contributed by atoms with Crippen LogP contribution in [0.1, 0.15) is 44.9 Å². The Morgan fingerprint density at radius 3 is 2.64 bits per heavy atom. The second-order valence-corrected chi connectivity index (χ2v) is 8.83. The van der Waals surface area contributed by atoms with E-state index in [0.29, 0.717) is 31.5 Å². The third-order valence-corrected chi connectivity index (χ3v) is 5.19. The highest BCUT2D eigenvalue weighted by Crippen LogP contribution is 2.22. The van der Waals surface area contributed by atoms with Crippen molar-refractivity contribution < 1.29 is 13.9 Å². The van der Waals surface area contributed by atoms with Gasteiger partial charge < -0.3 is 24.5 Å². The molecule has 0 amide bonds. The molecule has 2 N–H and O–H groups in total. The Kier molecular flexibility index (Phi) is 11.4. The van der Waals surface area contributed by atoms with E-state index in [-0.39, 0.29) is 29.4 Å². The quantitative estimate of drug-likeness (QED) is 0.271. The number of oxazole rings is 1. The van der Waals surface area contributed by atoms with Gasteiger partial charge in [-0.1, -0.05) is 39.0 Å². The Bertz CT molecular complexity index is 860. The van der Waals surface area contributed by atoms with Crippen molar-refractivity contribution in [1.29, 1.82) is 0 Å². The van der Waals surface area contributed by atoms with E-state index in [9.17, 15) is 0 Å². The number of guanidine groups is 1. The first-order chi connectivity index (χ1) is 15.5. The van der Waals surface area contributed by atoms with Crippen molar-refractivity contribution in [2.75, 3.05) is 46.0 Å². The van der Waals surface area contributed by atoms with E-state index in [1.165, 1.54) is 0 Å². The van der Waals surface area contributed by atoms with Gasteiger partial charge in [0.2, 0.25) is 5.89 Å². The topological polar surface area (TPSA) is 84.2 Å². The Morgan fingerprint density at radius 1 is 1.18 bits per heavy atom. The normalized spacial score (nSPS) is 15.1. The number of halogens is 1. The molecule has 0 saturated carbocycles. The van der Waals surface area contributed by atoms with Crippen LogP contribution in [-0.4, -0.2) is 61.8 Å². The fraction of sp³-hybridized carbons (Fsp3) is 0.583. The van der Waals surface area contributed by atoms with Crippen LogP contribution in [0.5, 0.6) is 5.75 Å². The first-order valence-electron chi connectivity index (χ1n) is 11.4. The van der Waals surface area contributed by atoms with Gasteiger partial charge in [0.25, 0.3) is 0 Å². The number of hydrogen-bond donors (Lipinski definition) is 2. The lowest BCUT2D eigenvalue weighted by molar-refractivity contribution is 0.0322. The van der Waals surface area contributed by atoms with Crippen molar-refractivity contribution in [3.8, 4) is 5.75 Å². The molecule has 1 aliphatic rings. The standard InChI is InChI=1S/C24H37N5O3.HI/c1-5-25-23(28-18-22-26-17-21(32-22)24(2,3)4)27-16-19-8-6-7-9-20(19)31-15-12-29-10-13-30-14-11-29;/h6-9,17H,5,10-16,18H2,1-4H3,(H2,25,27,28);1H. The maximum atomic E-state index is 6.08. The van der Waals surface area contributed by atoms with E-state index >= 15 is 0 Å². The van der Waals surface area contributed by atoms with Gasteiger partial charge in [-0.25, -0.2) is 9.98 Å². The molecule has 1 aromatic carbocycles. The summed E-state index contributed by atoms with van der Waals surface area (Å²) in [6, 6.07) is 8.07. The Morgan fingerprint density at radius 2 is 1.94 bits per heavy atom. The summed E-state index contributed by atoms with van der Waals surface area (Å²) in [6.07, 6.45) is 1.80. The Hall–Kier alpha value is -1.85. The average molecular weight is 572 g/mol. The lowest BCUT2D eigenvalue weighted by Gasteiger charge is -2.26. The van der Waals surface area contributed by atoms with Gasteiger partial charge in [0.1, 0.15) is 18.1 Å². The van der Waals surface area contributed by atoms with Gasteiger partial charge in [-0.2, -0.15) is 0 Å². The lowest BCUT2D eigenvalue weighted by Crippen LogP contribution is -2.38. The molecular formula is C24H38IN5O3. The molecule has 0 bridgehead atoms. The molecule has 33 heavy (non-hydrogen) atoms. The largest absolute Gasteiger partial charge is 0.492 e. The van der Waals surface area contributed by atoms with Crippen LogP contribution >= 0.6 is 24.0 Å². The lowest BCUT2D eigenvalue weighted by atomic mass is 9.94. The van der Waals surface area contributed by atoms with Gasteiger partial charge in [0, 0.05) is 37.2 Å². The van der Waals surface area contributed by atoms with Gasteiger partial charge in [-0.3, -0.25) is 4.90 Å². The molecule has 1 aromatic heterocycles. The number of benzene rings is 1. The third kappa shape index (κ3) is 9.13. The summed E-state index contributed by atoms with van der Waals surface area (Å²) in [5.74, 6) is 3.11. The third-order valence-electron chi connectivity index (χ3n) is 5.19. The summed E-state index contributed by atoms with van der Waals surface area (Å²) in [4.78, 5) is 11.5. The van der Waals surface area contributed by atoms with E-state index in [1.54, 1.807) is 6.20 Å². The summed E-state index contributed by atoms with van der Waals surface area (Å²) < 4.78 is 17.3. The highest BCUT2D eigenvalue weighted by Gasteiger charge is 2.19. The summed E-state index contributed by atoms with van der Waals surface area (Å²) in [6.45, 7) is 15.2. The second-order valence-electron chi connectivity index (χ2n) is 8.83. The zero-order chi connectivity index (χ0) is 22.8. The van der Waals surface area contributed by atoms with Crippen LogP contribution in [-0.2, 0) is 23.2 Å². The zero-order valence-corrected chi connectivity index (χ0v) is 22.6. The molecule has 2 aromatic rings. The number of para-hydroxylation sites is 1. The minimum atomic E-state index is -0.0602. The van der Waals surface area contributed by atoms with Crippen molar-refractivity contribution in [2.45, 2.75) is 46.2 Å². The van der Waals surface area contributed by atoms with Crippen LogP contribution in [0.3, 0.4) is 0 Å². The van der Waals surface area contributed by atoms with Gasteiger partial charge in [-0.05, 0) is 13.0 Å². The van der Waals surface area contributed by atoms with E-state index in [2.05, 4.69) is 47.4 Å². The molecular weight excluding hydrogens is 533 g/mol. The van der Waals surface area contributed by atoms with Crippen LogP contribution in [0.15, 0.2) is 39.9 Å². The molecule has 3 rings (SSSR count). The summed E-state index contributed by atoms with van der Waals surface area (Å²) >= 11 is 0. The molecule has 1 saturated heterocycles. The highest BCUT2D eigenvalue weighted by molar-refractivity contribution is 14.0. The molecule has 0 aliphatic carbocycles. The number of ether oxygens (including phenoxy) is 2. The van der Waals surface area contributed by atoms with E-state index < -0.39 is 0 Å². The Labute approximate surface area is 214 Å². The number of nitrogens with one attached hydrogen (secondary N) is 2. The first-order valence-corrected chi connectivity index (χ1v) is 11.4. The predicted octanol–water partition coefficient (Wildman–Crippen LogP) is 3.56. The van der Waals surface area contributed by atoms with Crippen LogP contribution in [0.25, 0.3) is 0 Å². The summed E-state index contributed by atoms with van der Waals surface area (Å²) in [5.41, 5.74) is 0.993. The van der Waals surface area contributed by atoms with E-state index in [0.717, 1.165) is 56.5 Å². The minimum absolute atomic E-state index is 0. The fourth-order valence-electron chi connectivity index (χ4n) is 3.29. The SMILES string of the molecule is CCNC(=NCc1ccccc1OCCN1CCOCC1)NCc1ncc(C(C)(C)C)o1.I. The number of nitrogens with zero attached hydrogens (tertiary/aromatic N) is 3. The molecule has 0 radical (unpaired) electrons. The van der Waals surface area contributed by atoms with Crippen molar-refractivity contribution in [2.24, 2.45) is 4.99 Å². The highest BCUT2D eigenvalue weighted by atomic mass is 127. The van der Waals surface area contributed by atoms with Gasteiger partial charge in [-0.15, -0.1) is 24.0 Å². The minimum Gasteiger partial charge on any atom is -0.492 e. The molecule has 9 heteroatoms. The fourth-order valence-corrected chi connectivity index (χ4v) is 3.29. The number of morpholine rings is 1. The van der Waals surface area contributed by atoms with Crippen molar-refractivity contribution in [1.82, 2.24) is 20.5 Å². The molecule has 0 spiro atoms. The van der Waals surface area contributed by atoms with Crippen LogP contribution in [0, 0.1) is 0 Å². The smallest absolute Gasteiger partial charge is 0.213 e. The van der Waals surface area contributed by atoms with Crippen LogP contribution < -0.4 is 15.4 Å². The molecule has 0 atom stereocenters. The summed E-state index contributed by atoms with van der Waals surface area (Å²) in [7, 11) is 0. The number of aromatic nitrogens is 1. The van der Waals surface area contributed by atoms with E-state index in [4.69, 9.17) is 18.9 Å². The van der Waals surface area contributed by atoms with Crippen LogP contribution in [0.4, 0.5) is 0 Å². The van der Waals surface area contributed by atoms with Gasteiger partial charge in [0.15, 0.2) is 5.96 Å². The molecule has 1 aliphatic heterocycles. The van der Waals surface area contributed by atoms with Crippen molar-refractivity contribution in [3.63, 3.8) is 0 Å².